The summed E-state index contributed by atoms with van der Waals surface area (Å²) in [5.41, 5.74) is 0.699. The quantitative estimate of drug-likeness (QED) is 0.786. The lowest BCUT2D eigenvalue weighted by atomic mass is 10.0. The fourth-order valence-corrected chi connectivity index (χ4v) is 2.50. The van der Waals surface area contributed by atoms with Gasteiger partial charge in [0, 0.05) is 30.7 Å². The van der Waals surface area contributed by atoms with E-state index in [1.165, 1.54) is 5.56 Å². The molecule has 0 fully saturated rings. The van der Waals surface area contributed by atoms with Crippen molar-refractivity contribution in [1.29, 1.82) is 0 Å². The summed E-state index contributed by atoms with van der Waals surface area (Å²) in [5.74, 6) is 0. The van der Waals surface area contributed by atoms with E-state index in [0.29, 0.717) is 19.6 Å². The number of carbonyl (C=O) groups excluding carboxylic acids is 1. The molecule has 0 aliphatic carbocycles. The third-order valence-electron chi connectivity index (χ3n) is 3.47. The molecular weight excluding hydrogens is 312 g/mol. The smallest absolute Gasteiger partial charge is 0.410 e. The fraction of sp³-hybridized carbons (Fsp3) is 0.611. The predicted molar refractivity (Wildman–Crippen MR) is 96.0 cm³/mol. The van der Waals surface area contributed by atoms with Gasteiger partial charge in [-0.25, -0.2) is 4.79 Å². The predicted octanol–water partition coefficient (Wildman–Crippen LogP) is 4.64. The summed E-state index contributed by atoms with van der Waals surface area (Å²) in [5, 5.41) is 4.23. The SMILES string of the molecule is CCC(NCCN(CC)C(=O)OC(C)(C)C)c1cccc(Cl)c1. The van der Waals surface area contributed by atoms with Crippen LogP contribution in [0, 0.1) is 0 Å². The van der Waals surface area contributed by atoms with Crippen molar-refractivity contribution in [3.05, 3.63) is 34.9 Å². The van der Waals surface area contributed by atoms with Gasteiger partial charge in [0.25, 0.3) is 0 Å². The van der Waals surface area contributed by atoms with Crippen LogP contribution in [0.4, 0.5) is 4.79 Å². The molecule has 0 saturated heterocycles. The van der Waals surface area contributed by atoms with E-state index in [1.807, 2.05) is 45.9 Å². The van der Waals surface area contributed by atoms with Crippen LogP contribution in [0.5, 0.6) is 0 Å². The number of nitrogens with one attached hydrogen (secondary N) is 1. The standard InChI is InChI=1S/C18H29ClN2O2/c1-6-16(14-9-8-10-15(19)13-14)20-11-12-21(7-2)17(22)23-18(3,4)5/h8-10,13,16,20H,6-7,11-12H2,1-5H3. The van der Waals surface area contributed by atoms with Crippen molar-refractivity contribution < 1.29 is 9.53 Å². The molecule has 4 nitrogen and oxygen atoms in total. The molecule has 1 aromatic rings. The van der Waals surface area contributed by atoms with Crippen LogP contribution in [0.25, 0.3) is 0 Å². The van der Waals surface area contributed by atoms with Gasteiger partial charge < -0.3 is 15.0 Å². The summed E-state index contributed by atoms with van der Waals surface area (Å²) in [6.07, 6.45) is 0.691. The van der Waals surface area contributed by atoms with Gasteiger partial charge in [-0.3, -0.25) is 0 Å². The lowest BCUT2D eigenvalue weighted by Crippen LogP contribution is -2.40. The molecule has 1 unspecified atom stereocenters. The first-order valence-corrected chi connectivity index (χ1v) is 8.61. The summed E-state index contributed by atoms with van der Waals surface area (Å²) in [7, 11) is 0. The minimum atomic E-state index is -0.468. The maximum Gasteiger partial charge on any atom is 0.410 e. The average Bonchev–Trinajstić information content (AvgIpc) is 2.45. The van der Waals surface area contributed by atoms with Crippen molar-refractivity contribution in [2.45, 2.75) is 52.7 Å². The molecule has 1 rings (SSSR count). The van der Waals surface area contributed by atoms with E-state index in [4.69, 9.17) is 16.3 Å². The zero-order valence-electron chi connectivity index (χ0n) is 14.9. The molecule has 5 heteroatoms. The highest BCUT2D eigenvalue weighted by Gasteiger charge is 2.21. The van der Waals surface area contributed by atoms with Gasteiger partial charge in [0.05, 0.1) is 0 Å². The number of hydrogen-bond acceptors (Lipinski definition) is 3. The first kappa shape index (κ1) is 19.8. The molecule has 0 aliphatic rings. The molecule has 0 aliphatic heterocycles. The van der Waals surface area contributed by atoms with Gasteiger partial charge in [0.2, 0.25) is 0 Å². The average molecular weight is 341 g/mol. The Labute approximate surface area is 145 Å². The summed E-state index contributed by atoms with van der Waals surface area (Å²) >= 11 is 6.06. The van der Waals surface area contributed by atoms with E-state index < -0.39 is 5.60 Å². The van der Waals surface area contributed by atoms with E-state index in [9.17, 15) is 4.79 Å². The van der Waals surface area contributed by atoms with Crippen LogP contribution in [0.15, 0.2) is 24.3 Å². The minimum Gasteiger partial charge on any atom is -0.444 e. The third-order valence-corrected chi connectivity index (χ3v) is 3.70. The van der Waals surface area contributed by atoms with Crippen LogP contribution in [0.3, 0.4) is 0 Å². The number of halogens is 1. The van der Waals surface area contributed by atoms with Crippen LogP contribution < -0.4 is 5.32 Å². The van der Waals surface area contributed by atoms with E-state index >= 15 is 0 Å². The van der Waals surface area contributed by atoms with Crippen molar-refractivity contribution in [2.24, 2.45) is 0 Å². The Morgan fingerprint density at radius 1 is 1.35 bits per heavy atom. The lowest BCUT2D eigenvalue weighted by molar-refractivity contribution is 0.0261. The largest absolute Gasteiger partial charge is 0.444 e. The molecule has 1 atom stereocenters. The Balaban J connectivity index is 2.53. The van der Waals surface area contributed by atoms with Gasteiger partial charge in [0.15, 0.2) is 0 Å². The first-order valence-electron chi connectivity index (χ1n) is 8.23. The second-order valence-corrected chi connectivity index (χ2v) is 6.97. The fourth-order valence-electron chi connectivity index (χ4n) is 2.30. The van der Waals surface area contributed by atoms with Crippen molar-refractivity contribution in [2.75, 3.05) is 19.6 Å². The number of carbonyl (C=O) groups is 1. The number of benzene rings is 1. The van der Waals surface area contributed by atoms with Crippen LogP contribution in [-0.4, -0.2) is 36.2 Å². The number of likely N-dealkylation sites (N-methyl/N-ethyl adjacent to an activating group) is 1. The number of amides is 1. The van der Waals surface area contributed by atoms with Gasteiger partial charge in [0.1, 0.15) is 5.60 Å². The molecule has 0 radical (unpaired) electrons. The molecule has 0 saturated carbocycles. The highest BCUT2D eigenvalue weighted by Crippen LogP contribution is 2.20. The minimum absolute atomic E-state index is 0.228. The van der Waals surface area contributed by atoms with Crippen LogP contribution in [0.1, 0.15) is 52.6 Å². The van der Waals surface area contributed by atoms with Crippen molar-refractivity contribution in [3.8, 4) is 0 Å². The Kier molecular flexibility index (Phi) is 7.86. The van der Waals surface area contributed by atoms with Gasteiger partial charge in [-0.15, -0.1) is 0 Å². The molecule has 0 spiro atoms. The van der Waals surface area contributed by atoms with Gasteiger partial charge in [-0.1, -0.05) is 30.7 Å². The second-order valence-electron chi connectivity index (χ2n) is 6.53. The molecule has 1 aromatic carbocycles. The first-order chi connectivity index (χ1) is 10.8. The Morgan fingerprint density at radius 2 is 2.04 bits per heavy atom. The number of ether oxygens (including phenoxy) is 1. The zero-order valence-corrected chi connectivity index (χ0v) is 15.6. The molecule has 0 aromatic heterocycles. The Hall–Kier alpha value is -1.26. The summed E-state index contributed by atoms with van der Waals surface area (Å²) in [6, 6.07) is 8.11. The maximum absolute atomic E-state index is 12.1. The van der Waals surface area contributed by atoms with Gasteiger partial charge in [-0.05, 0) is 51.8 Å². The normalized spacial score (nSPS) is 12.8. The second kappa shape index (κ2) is 9.14. The van der Waals surface area contributed by atoms with Crippen LogP contribution in [0.2, 0.25) is 5.02 Å². The van der Waals surface area contributed by atoms with Gasteiger partial charge in [-0.2, -0.15) is 0 Å². The number of hydrogen-bond donors (Lipinski definition) is 1. The highest BCUT2D eigenvalue weighted by molar-refractivity contribution is 6.30. The Bertz CT molecular complexity index is 500. The van der Waals surface area contributed by atoms with E-state index in [-0.39, 0.29) is 12.1 Å². The molecule has 130 valence electrons. The maximum atomic E-state index is 12.1. The van der Waals surface area contributed by atoms with Crippen molar-refractivity contribution in [1.82, 2.24) is 10.2 Å². The molecule has 1 N–H and O–H groups in total. The lowest BCUT2D eigenvalue weighted by Gasteiger charge is -2.27. The molecule has 0 heterocycles. The van der Waals surface area contributed by atoms with E-state index in [0.717, 1.165) is 11.4 Å². The molecule has 0 bridgehead atoms. The van der Waals surface area contributed by atoms with Crippen molar-refractivity contribution >= 4 is 17.7 Å². The van der Waals surface area contributed by atoms with Gasteiger partial charge >= 0.3 is 6.09 Å². The molecule has 1 amide bonds. The van der Waals surface area contributed by atoms with E-state index in [2.05, 4.69) is 18.3 Å². The highest BCUT2D eigenvalue weighted by atomic mass is 35.5. The third kappa shape index (κ3) is 7.23. The number of nitrogens with zero attached hydrogens (tertiary/aromatic N) is 1. The number of rotatable bonds is 7. The molecular formula is C18H29ClN2O2. The van der Waals surface area contributed by atoms with E-state index in [1.54, 1.807) is 4.90 Å². The zero-order chi connectivity index (χ0) is 17.5. The summed E-state index contributed by atoms with van der Waals surface area (Å²) < 4.78 is 5.42. The topological polar surface area (TPSA) is 41.6 Å². The Morgan fingerprint density at radius 3 is 2.57 bits per heavy atom. The summed E-state index contributed by atoms with van der Waals surface area (Å²) in [4.78, 5) is 13.8. The summed E-state index contributed by atoms with van der Waals surface area (Å²) in [6.45, 7) is 11.7. The van der Waals surface area contributed by atoms with Crippen molar-refractivity contribution in [3.63, 3.8) is 0 Å². The van der Waals surface area contributed by atoms with Crippen LogP contribution >= 0.6 is 11.6 Å². The monoisotopic (exact) mass is 340 g/mol. The van der Waals surface area contributed by atoms with Crippen LogP contribution in [-0.2, 0) is 4.74 Å². The molecule has 23 heavy (non-hydrogen) atoms.